The smallest absolute Gasteiger partial charge is 0.297 e. The maximum atomic E-state index is 12.8. The highest BCUT2D eigenvalue weighted by molar-refractivity contribution is 5.45. The van der Waals surface area contributed by atoms with Crippen molar-refractivity contribution in [3.63, 3.8) is 0 Å². The minimum Gasteiger partial charge on any atom is -0.493 e. The largest absolute Gasteiger partial charge is 0.493 e. The summed E-state index contributed by atoms with van der Waals surface area (Å²) in [6.07, 6.45) is 3.30. The van der Waals surface area contributed by atoms with E-state index >= 15 is 0 Å². The third-order valence-electron chi connectivity index (χ3n) is 4.23. The van der Waals surface area contributed by atoms with Crippen molar-refractivity contribution < 1.29 is 9.47 Å². The van der Waals surface area contributed by atoms with Crippen molar-refractivity contribution in [3.8, 4) is 17.2 Å². The van der Waals surface area contributed by atoms with Crippen molar-refractivity contribution in [3.05, 3.63) is 75.8 Å². The number of nitrogens with one attached hydrogen (secondary N) is 1. The van der Waals surface area contributed by atoms with Gasteiger partial charge < -0.3 is 14.8 Å². The van der Waals surface area contributed by atoms with Crippen LogP contribution in [-0.4, -0.2) is 23.8 Å². The van der Waals surface area contributed by atoms with E-state index in [-0.39, 0.29) is 5.56 Å². The highest BCUT2D eigenvalue weighted by Gasteiger charge is 2.09. The van der Waals surface area contributed by atoms with Crippen molar-refractivity contribution in [2.24, 2.45) is 0 Å². The molecule has 0 saturated heterocycles. The first kappa shape index (κ1) is 18.5. The molecule has 0 radical (unpaired) electrons. The first-order valence-corrected chi connectivity index (χ1v) is 8.63. The summed E-state index contributed by atoms with van der Waals surface area (Å²) < 4.78 is 12.2. The molecule has 0 fully saturated rings. The Balaban J connectivity index is 1.85. The van der Waals surface area contributed by atoms with Gasteiger partial charge in [-0.3, -0.25) is 9.36 Å². The van der Waals surface area contributed by atoms with Gasteiger partial charge in [-0.15, -0.1) is 0 Å². The lowest BCUT2D eigenvalue weighted by molar-refractivity contribution is 0.354. The highest BCUT2D eigenvalue weighted by atomic mass is 16.5. The number of aryl methyl sites for hydroxylation is 2. The number of anilines is 1. The summed E-state index contributed by atoms with van der Waals surface area (Å²) >= 11 is 0. The molecular formula is C21H23N3O3. The number of nitrogens with zero attached hydrogens (tertiary/aromatic N) is 2. The van der Waals surface area contributed by atoms with Crippen LogP contribution in [0.25, 0.3) is 5.69 Å². The maximum absolute atomic E-state index is 12.8. The monoisotopic (exact) mass is 365 g/mol. The molecular weight excluding hydrogens is 342 g/mol. The Kier molecular flexibility index (Phi) is 5.45. The van der Waals surface area contributed by atoms with Gasteiger partial charge >= 0.3 is 0 Å². The van der Waals surface area contributed by atoms with Gasteiger partial charge in [0.1, 0.15) is 0 Å². The first-order valence-electron chi connectivity index (χ1n) is 8.63. The van der Waals surface area contributed by atoms with Crippen LogP contribution in [0, 0.1) is 13.8 Å². The lowest BCUT2D eigenvalue weighted by Crippen LogP contribution is -2.23. The number of methoxy groups -OCH3 is 2. The van der Waals surface area contributed by atoms with Crippen LogP contribution < -0.4 is 20.3 Å². The number of hydrogen-bond acceptors (Lipinski definition) is 5. The van der Waals surface area contributed by atoms with Crippen LogP contribution in [0.3, 0.4) is 0 Å². The van der Waals surface area contributed by atoms with E-state index < -0.39 is 0 Å². The Morgan fingerprint density at radius 3 is 2.37 bits per heavy atom. The number of ether oxygens (including phenoxy) is 2. The molecule has 0 saturated carbocycles. The van der Waals surface area contributed by atoms with Gasteiger partial charge in [0.05, 0.1) is 14.2 Å². The quantitative estimate of drug-likeness (QED) is 0.724. The molecule has 0 spiro atoms. The summed E-state index contributed by atoms with van der Waals surface area (Å²) in [7, 11) is 3.19. The van der Waals surface area contributed by atoms with Crippen molar-refractivity contribution in [1.29, 1.82) is 0 Å². The molecule has 3 rings (SSSR count). The fraction of sp³-hybridized carbons (Fsp3) is 0.238. The van der Waals surface area contributed by atoms with Gasteiger partial charge in [0.15, 0.2) is 17.3 Å². The maximum Gasteiger partial charge on any atom is 0.297 e. The van der Waals surface area contributed by atoms with Crippen molar-refractivity contribution in [2.45, 2.75) is 20.4 Å². The summed E-state index contributed by atoms with van der Waals surface area (Å²) in [5.41, 5.74) is 3.80. The van der Waals surface area contributed by atoms with Crippen LogP contribution in [0.1, 0.15) is 16.7 Å². The van der Waals surface area contributed by atoms with E-state index in [1.165, 1.54) is 0 Å². The second-order valence-corrected chi connectivity index (χ2v) is 6.34. The third kappa shape index (κ3) is 4.11. The van der Waals surface area contributed by atoms with Crippen LogP contribution in [0.15, 0.2) is 53.6 Å². The molecule has 2 aromatic carbocycles. The Labute approximate surface area is 158 Å². The van der Waals surface area contributed by atoms with Gasteiger partial charge in [0, 0.05) is 24.6 Å². The summed E-state index contributed by atoms with van der Waals surface area (Å²) in [6, 6.07) is 11.7. The second-order valence-electron chi connectivity index (χ2n) is 6.34. The normalized spacial score (nSPS) is 10.5. The Bertz CT molecular complexity index is 992. The Morgan fingerprint density at radius 2 is 1.70 bits per heavy atom. The SMILES string of the molecule is COc1ccc(CNc2nccn(-c3cc(C)cc(C)c3)c2=O)cc1OC. The number of benzene rings is 2. The zero-order chi connectivity index (χ0) is 19.4. The standard InChI is InChI=1S/C21H23N3O3/c1-14-9-15(2)11-17(10-14)24-8-7-22-20(21(24)25)23-13-16-5-6-18(26-3)19(12-16)27-4/h5-12H,13H2,1-4H3,(H,22,23). The number of hydrogen-bond donors (Lipinski definition) is 1. The average Bonchev–Trinajstić information content (AvgIpc) is 2.66. The minimum atomic E-state index is -0.192. The van der Waals surface area contributed by atoms with Gasteiger partial charge in [-0.1, -0.05) is 12.1 Å². The van der Waals surface area contributed by atoms with Crippen LogP contribution in [0.2, 0.25) is 0 Å². The molecule has 27 heavy (non-hydrogen) atoms. The predicted molar refractivity (Wildman–Crippen MR) is 106 cm³/mol. The molecule has 0 aliphatic rings. The van der Waals surface area contributed by atoms with Crippen LogP contribution in [-0.2, 0) is 6.54 Å². The number of aromatic nitrogens is 2. The molecule has 1 aromatic heterocycles. The average molecular weight is 365 g/mol. The predicted octanol–water partition coefficient (Wildman–Crippen LogP) is 3.48. The van der Waals surface area contributed by atoms with Crippen molar-refractivity contribution in [2.75, 3.05) is 19.5 Å². The second kappa shape index (κ2) is 7.95. The van der Waals surface area contributed by atoms with E-state index in [0.29, 0.717) is 23.9 Å². The van der Waals surface area contributed by atoms with Crippen LogP contribution >= 0.6 is 0 Å². The Morgan fingerprint density at radius 1 is 1.00 bits per heavy atom. The van der Waals surface area contributed by atoms with Crippen LogP contribution in [0.5, 0.6) is 11.5 Å². The van der Waals surface area contributed by atoms with E-state index in [2.05, 4.69) is 16.4 Å². The zero-order valence-electron chi connectivity index (χ0n) is 15.9. The van der Waals surface area contributed by atoms with E-state index in [9.17, 15) is 4.79 Å². The molecule has 6 nitrogen and oxygen atoms in total. The van der Waals surface area contributed by atoms with E-state index in [1.54, 1.807) is 31.2 Å². The molecule has 0 aliphatic carbocycles. The summed E-state index contributed by atoms with van der Waals surface area (Å²) in [5, 5.41) is 3.12. The summed E-state index contributed by atoms with van der Waals surface area (Å²) in [4.78, 5) is 17.0. The molecule has 0 bridgehead atoms. The van der Waals surface area contributed by atoms with Gasteiger partial charge in [0.2, 0.25) is 0 Å². The van der Waals surface area contributed by atoms with E-state index in [0.717, 1.165) is 22.4 Å². The lowest BCUT2D eigenvalue weighted by Gasteiger charge is -2.12. The van der Waals surface area contributed by atoms with Gasteiger partial charge in [-0.25, -0.2) is 4.98 Å². The van der Waals surface area contributed by atoms with E-state index in [4.69, 9.17) is 9.47 Å². The van der Waals surface area contributed by atoms with E-state index in [1.807, 2.05) is 44.2 Å². The molecule has 3 aromatic rings. The fourth-order valence-electron chi connectivity index (χ4n) is 3.00. The molecule has 1 heterocycles. The molecule has 0 amide bonds. The molecule has 140 valence electrons. The highest BCUT2D eigenvalue weighted by Crippen LogP contribution is 2.27. The third-order valence-corrected chi connectivity index (χ3v) is 4.23. The number of rotatable bonds is 6. The fourth-order valence-corrected chi connectivity index (χ4v) is 3.00. The molecule has 1 N–H and O–H groups in total. The van der Waals surface area contributed by atoms with Crippen LogP contribution in [0.4, 0.5) is 5.82 Å². The summed E-state index contributed by atoms with van der Waals surface area (Å²) in [6.45, 7) is 4.47. The lowest BCUT2D eigenvalue weighted by atomic mass is 10.1. The van der Waals surface area contributed by atoms with Gasteiger partial charge in [-0.05, 0) is 54.8 Å². The Hall–Kier alpha value is -3.28. The summed E-state index contributed by atoms with van der Waals surface area (Å²) in [5.74, 6) is 1.60. The molecule has 0 atom stereocenters. The topological polar surface area (TPSA) is 65.4 Å². The van der Waals surface area contributed by atoms with Gasteiger partial charge in [0.25, 0.3) is 5.56 Å². The van der Waals surface area contributed by atoms with Gasteiger partial charge in [-0.2, -0.15) is 0 Å². The molecule has 6 heteroatoms. The molecule has 0 unspecified atom stereocenters. The minimum absolute atomic E-state index is 0.192. The van der Waals surface area contributed by atoms with Crippen molar-refractivity contribution in [1.82, 2.24) is 9.55 Å². The molecule has 0 aliphatic heterocycles. The zero-order valence-corrected chi connectivity index (χ0v) is 15.9. The van der Waals surface area contributed by atoms with Crippen molar-refractivity contribution >= 4 is 5.82 Å². The first-order chi connectivity index (χ1) is 13.0.